The van der Waals surface area contributed by atoms with Crippen LogP contribution in [0.3, 0.4) is 0 Å². The Balaban J connectivity index is 1.12. The standard InChI is InChI=1S/C35H35F5N8O3S/c36-16-10-34(8-1-9-46(34)12-16)15-51-33-43-26-23(29(44-33)45-13-18-4-5-19(14-45)47(18)30(49)21-11-35(21,39)40)31(50)48(17-2-3-17)27(24(26)38)20-6-7-22(37)28-25(20)42-32(41)52-28/h6-7,16-19,21H,1-5,8-15H2,(H2,41,42)/t16-,18?,19?,21?,34?/m1/s1. The van der Waals surface area contributed by atoms with Gasteiger partial charge in [-0.3, -0.25) is 14.5 Å². The van der Waals surface area contributed by atoms with Gasteiger partial charge in [0.2, 0.25) is 5.91 Å². The monoisotopic (exact) mass is 742 g/mol. The van der Waals surface area contributed by atoms with Gasteiger partial charge >= 0.3 is 6.01 Å². The van der Waals surface area contributed by atoms with Gasteiger partial charge in [-0.1, -0.05) is 11.3 Å². The maximum absolute atomic E-state index is 17.4. The Hall–Kier alpha value is -4.12. The zero-order valence-electron chi connectivity index (χ0n) is 28.0. The number of rotatable bonds is 7. The van der Waals surface area contributed by atoms with Crippen LogP contribution >= 0.6 is 11.3 Å². The van der Waals surface area contributed by atoms with Gasteiger partial charge in [0.05, 0.1) is 21.4 Å². The molecule has 2 aliphatic carbocycles. The number of pyridine rings is 1. The molecule has 274 valence electrons. The van der Waals surface area contributed by atoms with Crippen molar-refractivity contribution in [3.63, 3.8) is 0 Å². The molecule has 2 saturated carbocycles. The second-order valence-corrected chi connectivity index (χ2v) is 16.4. The molecule has 2 N–H and O–H groups in total. The maximum atomic E-state index is 17.4. The normalized spacial score (nSPS) is 29.4. The van der Waals surface area contributed by atoms with Crippen molar-refractivity contribution in [1.82, 2.24) is 29.3 Å². The second kappa shape index (κ2) is 11.2. The minimum Gasteiger partial charge on any atom is -0.461 e. The van der Waals surface area contributed by atoms with E-state index in [4.69, 9.17) is 15.5 Å². The predicted molar refractivity (Wildman–Crippen MR) is 182 cm³/mol. The van der Waals surface area contributed by atoms with Crippen molar-refractivity contribution < 1.29 is 31.5 Å². The molecule has 6 fully saturated rings. The zero-order chi connectivity index (χ0) is 35.8. The number of piperazine rings is 1. The van der Waals surface area contributed by atoms with E-state index in [1.165, 1.54) is 16.7 Å². The fourth-order valence-corrected chi connectivity index (χ4v) is 10.1. The van der Waals surface area contributed by atoms with Crippen LogP contribution in [0.5, 0.6) is 6.01 Å². The molecule has 1 amide bonds. The number of hydrogen-bond donors (Lipinski definition) is 1. The number of benzene rings is 1. The summed E-state index contributed by atoms with van der Waals surface area (Å²) in [5.41, 5.74) is 4.79. The van der Waals surface area contributed by atoms with E-state index in [2.05, 4.69) is 14.9 Å². The summed E-state index contributed by atoms with van der Waals surface area (Å²) in [6.45, 7) is 1.48. The summed E-state index contributed by atoms with van der Waals surface area (Å²) in [6, 6.07) is 1.25. The highest BCUT2D eigenvalue weighted by atomic mass is 32.1. The largest absolute Gasteiger partial charge is 0.461 e. The Bertz CT molecular complexity index is 2230. The van der Waals surface area contributed by atoms with Crippen LogP contribution in [0.15, 0.2) is 16.9 Å². The van der Waals surface area contributed by atoms with Crippen molar-refractivity contribution in [1.29, 1.82) is 0 Å². The van der Waals surface area contributed by atoms with Gasteiger partial charge in [-0.25, -0.2) is 26.9 Å². The van der Waals surface area contributed by atoms with E-state index in [-0.39, 0.29) is 81.5 Å². The summed E-state index contributed by atoms with van der Waals surface area (Å²) in [5.74, 6) is -6.16. The molecule has 1 aromatic carbocycles. The molecular weight excluding hydrogens is 707 g/mol. The van der Waals surface area contributed by atoms with Crippen LogP contribution < -0.4 is 20.9 Å². The summed E-state index contributed by atoms with van der Waals surface area (Å²) < 4.78 is 82.6. The molecule has 10 rings (SSSR count). The molecule has 11 nitrogen and oxygen atoms in total. The highest BCUT2D eigenvalue weighted by Gasteiger charge is 2.64. The first kappa shape index (κ1) is 32.5. The van der Waals surface area contributed by atoms with E-state index in [1.54, 1.807) is 4.90 Å². The van der Waals surface area contributed by atoms with Crippen LogP contribution in [0, 0.1) is 17.6 Å². The van der Waals surface area contributed by atoms with E-state index in [1.807, 2.05) is 4.90 Å². The number of nitrogen functional groups attached to an aromatic ring is 1. The number of amides is 1. The molecule has 6 aliphatic rings. The number of anilines is 2. The third-order valence-corrected chi connectivity index (χ3v) is 12.9. The predicted octanol–water partition coefficient (Wildman–Crippen LogP) is 5.05. The van der Waals surface area contributed by atoms with Crippen LogP contribution in [-0.2, 0) is 4.79 Å². The Morgan fingerprint density at radius 1 is 1.00 bits per heavy atom. The number of alkyl halides is 3. The molecule has 4 aliphatic heterocycles. The van der Waals surface area contributed by atoms with Gasteiger partial charge in [0, 0.05) is 56.2 Å². The van der Waals surface area contributed by atoms with Gasteiger partial charge < -0.3 is 24.8 Å². The molecular formula is C35H35F5N8O3S. The van der Waals surface area contributed by atoms with Crippen molar-refractivity contribution in [2.24, 2.45) is 5.92 Å². The number of ether oxygens (including phenoxy) is 1. The molecule has 17 heteroatoms. The Morgan fingerprint density at radius 2 is 1.73 bits per heavy atom. The van der Waals surface area contributed by atoms with Crippen LogP contribution in [0.4, 0.5) is 32.9 Å². The van der Waals surface area contributed by atoms with Crippen molar-refractivity contribution in [3.05, 3.63) is 34.1 Å². The number of carbonyl (C=O) groups excluding carboxylic acids is 1. The third kappa shape index (κ3) is 4.86. The molecule has 4 unspecified atom stereocenters. The summed E-state index contributed by atoms with van der Waals surface area (Å²) in [5, 5.41) is 0.0125. The van der Waals surface area contributed by atoms with E-state index in [0.717, 1.165) is 30.7 Å². The third-order valence-electron chi connectivity index (χ3n) is 12.0. The van der Waals surface area contributed by atoms with E-state index >= 15 is 4.39 Å². The lowest BCUT2D eigenvalue weighted by atomic mass is 9.95. The van der Waals surface area contributed by atoms with Crippen LogP contribution in [-0.4, -0.2) is 97.7 Å². The van der Waals surface area contributed by atoms with Crippen LogP contribution in [0.25, 0.3) is 32.4 Å². The molecule has 4 saturated heterocycles. The fourth-order valence-electron chi connectivity index (χ4n) is 9.37. The average molecular weight is 743 g/mol. The quantitative estimate of drug-likeness (QED) is 0.259. The number of thiazole rings is 1. The summed E-state index contributed by atoms with van der Waals surface area (Å²) in [7, 11) is 0. The summed E-state index contributed by atoms with van der Waals surface area (Å²) >= 11 is 0.924. The summed E-state index contributed by atoms with van der Waals surface area (Å²) in [6.07, 6.45) is 2.82. The lowest BCUT2D eigenvalue weighted by molar-refractivity contribution is -0.138. The van der Waals surface area contributed by atoms with Gasteiger partial charge in [0.1, 0.15) is 41.2 Å². The topological polar surface area (TPSA) is 123 Å². The van der Waals surface area contributed by atoms with Gasteiger partial charge in [-0.15, -0.1) is 0 Å². The Morgan fingerprint density at radius 3 is 2.44 bits per heavy atom. The van der Waals surface area contributed by atoms with E-state index < -0.39 is 65.2 Å². The average Bonchev–Trinajstić information content (AvgIpc) is 3.87. The first-order valence-corrected chi connectivity index (χ1v) is 18.7. The molecule has 7 heterocycles. The lowest BCUT2D eigenvalue weighted by Crippen LogP contribution is -2.57. The van der Waals surface area contributed by atoms with Gasteiger partial charge in [0.15, 0.2) is 10.9 Å². The highest BCUT2D eigenvalue weighted by Crippen LogP contribution is 2.51. The second-order valence-electron chi connectivity index (χ2n) is 15.4. The summed E-state index contributed by atoms with van der Waals surface area (Å²) in [4.78, 5) is 47.0. The zero-order valence-corrected chi connectivity index (χ0v) is 28.8. The SMILES string of the molecule is Nc1nc2c(-c3c(F)c4nc(OCC56CCCN5C[C@H](F)C6)nc(N5CC6CCC(C5)N6C(=O)C5CC5(F)F)c4c(=O)n3C3CC3)ccc(F)c2s1. The number of halogens is 5. The number of fused-ring (bicyclic) bond motifs is 5. The molecule has 2 bridgehead atoms. The molecule has 52 heavy (non-hydrogen) atoms. The van der Waals surface area contributed by atoms with Gasteiger partial charge in [-0.2, -0.15) is 9.97 Å². The molecule has 5 atom stereocenters. The molecule has 4 aromatic rings. The lowest BCUT2D eigenvalue weighted by Gasteiger charge is -2.42. The number of nitrogens with two attached hydrogens (primary N) is 1. The minimum absolute atomic E-state index is 0.0613. The van der Waals surface area contributed by atoms with Crippen molar-refractivity contribution in [2.75, 3.05) is 43.4 Å². The van der Waals surface area contributed by atoms with E-state index in [0.29, 0.717) is 32.2 Å². The first-order chi connectivity index (χ1) is 24.9. The smallest absolute Gasteiger partial charge is 0.319 e. The first-order valence-electron chi connectivity index (χ1n) is 17.9. The minimum atomic E-state index is -3.00. The number of hydrogen-bond acceptors (Lipinski definition) is 10. The highest BCUT2D eigenvalue weighted by molar-refractivity contribution is 7.22. The van der Waals surface area contributed by atoms with Crippen LogP contribution in [0.1, 0.15) is 57.4 Å². The van der Waals surface area contributed by atoms with Crippen molar-refractivity contribution >= 4 is 49.3 Å². The van der Waals surface area contributed by atoms with Crippen LogP contribution in [0.2, 0.25) is 0 Å². The number of nitrogens with zero attached hydrogens (tertiary/aromatic N) is 7. The van der Waals surface area contributed by atoms with E-state index in [9.17, 15) is 27.2 Å². The van der Waals surface area contributed by atoms with Gasteiger partial charge in [-0.05, 0) is 57.2 Å². The van der Waals surface area contributed by atoms with Crippen molar-refractivity contribution in [3.8, 4) is 17.3 Å². The number of carbonyl (C=O) groups is 1. The van der Waals surface area contributed by atoms with Gasteiger partial charge in [0.25, 0.3) is 11.5 Å². The Labute approximate surface area is 297 Å². The molecule has 3 aromatic heterocycles. The fraction of sp³-hybridized carbons (Fsp3) is 0.571. The molecule has 0 radical (unpaired) electrons. The Kier molecular flexibility index (Phi) is 7.00. The van der Waals surface area contributed by atoms with Crippen molar-refractivity contribution in [2.45, 2.75) is 87.1 Å². The number of aromatic nitrogens is 4. The molecule has 0 spiro atoms. The maximum Gasteiger partial charge on any atom is 0.319 e.